The van der Waals surface area contributed by atoms with Crippen molar-refractivity contribution in [3.8, 4) is 0 Å². The Morgan fingerprint density at radius 1 is 1.23 bits per heavy atom. The molecule has 3 heterocycles. The van der Waals surface area contributed by atoms with Crippen LogP contribution in [0.3, 0.4) is 0 Å². The molecule has 0 aliphatic carbocycles. The van der Waals surface area contributed by atoms with E-state index in [1.54, 1.807) is 30.5 Å². The number of nitrogens with one attached hydrogen (secondary N) is 2. The molecule has 1 atom stereocenters. The van der Waals surface area contributed by atoms with E-state index in [0.29, 0.717) is 17.6 Å². The number of carbonyl (C=O) groups excluding carboxylic acids is 1. The van der Waals surface area contributed by atoms with E-state index in [1.165, 1.54) is 6.07 Å². The highest BCUT2D eigenvalue weighted by Gasteiger charge is 2.39. The van der Waals surface area contributed by atoms with E-state index < -0.39 is 15.9 Å². The standard InChI is InChI=1S/C21H29N5O3S/c1-14(2)23-17-9-6-10-18(24-17)30(28,29)25-20(27)16-8-7-11-22-19(16)26-13-15(3)12-21(26,4)5/h6-11,14-15H,12-13H2,1-5H3,(H,23,24)(H,25,27). The third-order valence-corrected chi connectivity index (χ3v) is 6.25. The molecule has 30 heavy (non-hydrogen) atoms. The van der Waals surface area contributed by atoms with Crippen molar-refractivity contribution in [3.63, 3.8) is 0 Å². The van der Waals surface area contributed by atoms with Crippen LogP contribution in [0.1, 0.15) is 51.4 Å². The summed E-state index contributed by atoms with van der Waals surface area (Å²) in [5.74, 6) is 0.637. The van der Waals surface area contributed by atoms with E-state index in [1.807, 2.05) is 13.8 Å². The van der Waals surface area contributed by atoms with Crippen molar-refractivity contribution in [2.24, 2.45) is 5.92 Å². The zero-order valence-electron chi connectivity index (χ0n) is 18.0. The van der Waals surface area contributed by atoms with Crippen LogP contribution in [0, 0.1) is 5.92 Å². The first-order chi connectivity index (χ1) is 14.0. The van der Waals surface area contributed by atoms with Gasteiger partial charge >= 0.3 is 0 Å². The summed E-state index contributed by atoms with van der Waals surface area (Å²) in [6.45, 7) is 11.0. The summed E-state index contributed by atoms with van der Waals surface area (Å²) in [5, 5.41) is 2.84. The van der Waals surface area contributed by atoms with Crippen molar-refractivity contribution < 1.29 is 13.2 Å². The molecule has 8 nitrogen and oxygen atoms in total. The topological polar surface area (TPSA) is 104 Å². The van der Waals surface area contributed by atoms with Crippen molar-refractivity contribution in [2.45, 2.75) is 57.6 Å². The molecule has 1 unspecified atom stereocenters. The van der Waals surface area contributed by atoms with Gasteiger partial charge in [0.2, 0.25) is 0 Å². The molecule has 1 amide bonds. The van der Waals surface area contributed by atoms with Crippen LogP contribution in [0.2, 0.25) is 0 Å². The number of hydrogen-bond acceptors (Lipinski definition) is 7. The Bertz CT molecular complexity index is 1040. The molecule has 9 heteroatoms. The fourth-order valence-electron chi connectivity index (χ4n) is 3.92. The Hall–Kier alpha value is -2.68. The molecule has 1 fully saturated rings. The van der Waals surface area contributed by atoms with Gasteiger partial charge in [-0.2, -0.15) is 8.42 Å². The van der Waals surface area contributed by atoms with E-state index >= 15 is 0 Å². The quantitative estimate of drug-likeness (QED) is 0.724. The highest BCUT2D eigenvalue weighted by Crippen LogP contribution is 2.37. The van der Waals surface area contributed by atoms with Crippen molar-refractivity contribution >= 4 is 27.6 Å². The van der Waals surface area contributed by atoms with Crippen molar-refractivity contribution in [1.82, 2.24) is 14.7 Å². The molecule has 0 radical (unpaired) electrons. The van der Waals surface area contributed by atoms with Crippen LogP contribution in [0.25, 0.3) is 0 Å². The molecule has 3 rings (SSSR count). The smallest absolute Gasteiger partial charge is 0.281 e. The molecule has 0 spiro atoms. The average molecular weight is 432 g/mol. The van der Waals surface area contributed by atoms with E-state index in [0.717, 1.165) is 13.0 Å². The molecular weight excluding hydrogens is 402 g/mol. The summed E-state index contributed by atoms with van der Waals surface area (Å²) in [7, 11) is -4.14. The largest absolute Gasteiger partial charge is 0.368 e. The second-order valence-electron chi connectivity index (χ2n) is 8.70. The van der Waals surface area contributed by atoms with Gasteiger partial charge in [-0.3, -0.25) is 4.79 Å². The molecule has 1 aliphatic heterocycles. The summed E-state index contributed by atoms with van der Waals surface area (Å²) >= 11 is 0. The highest BCUT2D eigenvalue weighted by molar-refractivity contribution is 7.90. The number of rotatable bonds is 6. The number of anilines is 2. The zero-order valence-corrected chi connectivity index (χ0v) is 18.8. The van der Waals surface area contributed by atoms with Crippen molar-refractivity contribution in [3.05, 3.63) is 42.1 Å². The number of carbonyl (C=O) groups is 1. The Morgan fingerprint density at radius 3 is 2.60 bits per heavy atom. The van der Waals surface area contributed by atoms with Crippen molar-refractivity contribution in [1.29, 1.82) is 0 Å². The second-order valence-corrected chi connectivity index (χ2v) is 10.3. The van der Waals surface area contributed by atoms with Gasteiger partial charge in [0.15, 0.2) is 5.03 Å². The van der Waals surface area contributed by atoms with Crippen LogP contribution >= 0.6 is 0 Å². The predicted molar refractivity (Wildman–Crippen MR) is 117 cm³/mol. The van der Waals surface area contributed by atoms with Crippen LogP contribution in [-0.4, -0.2) is 42.4 Å². The van der Waals surface area contributed by atoms with Gasteiger partial charge in [-0.05, 0) is 64.3 Å². The zero-order chi connectivity index (χ0) is 22.1. The fourth-order valence-corrected chi connectivity index (χ4v) is 4.85. The van der Waals surface area contributed by atoms with Gasteiger partial charge in [-0.1, -0.05) is 13.0 Å². The summed E-state index contributed by atoms with van der Waals surface area (Å²) < 4.78 is 27.8. The van der Waals surface area contributed by atoms with Crippen LogP contribution in [0.15, 0.2) is 41.6 Å². The van der Waals surface area contributed by atoms with Crippen LogP contribution in [0.5, 0.6) is 0 Å². The molecule has 0 aromatic carbocycles. The molecule has 2 N–H and O–H groups in total. The summed E-state index contributed by atoms with van der Waals surface area (Å²) in [6.07, 6.45) is 2.57. The highest BCUT2D eigenvalue weighted by atomic mass is 32.2. The molecule has 2 aromatic heterocycles. The van der Waals surface area contributed by atoms with Crippen LogP contribution in [0.4, 0.5) is 11.6 Å². The predicted octanol–water partition coefficient (Wildman–Crippen LogP) is 3.04. The van der Waals surface area contributed by atoms with E-state index in [2.05, 4.69) is 45.7 Å². The number of aromatic nitrogens is 2. The summed E-state index contributed by atoms with van der Waals surface area (Å²) in [4.78, 5) is 23.6. The maximum Gasteiger partial charge on any atom is 0.281 e. The first kappa shape index (κ1) is 22.0. The summed E-state index contributed by atoms with van der Waals surface area (Å²) in [6, 6.07) is 7.93. The molecule has 1 saturated heterocycles. The Kier molecular flexibility index (Phi) is 6.03. The van der Waals surface area contributed by atoms with Gasteiger partial charge in [-0.25, -0.2) is 14.7 Å². The Morgan fingerprint density at radius 2 is 1.97 bits per heavy atom. The molecule has 0 saturated carbocycles. The third kappa shape index (κ3) is 4.72. The second kappa shape index (κ2) is 8.22. The molecular formula is C21H29N5O3S. The maximum absolute atomic E-state index is 13.0. The van der Waals surface area contributed by atoms with Crippen LogP contribution < -0.4 is 14.9 Å². The van der Waals surface area contributed by atoms with E-state index in [4.69, 9.17) is 0 Å². The Labute approximate surface area is 178 Å². The fraction of sp³-hybridized carbons (Fsp3) is 0.476. The molecule has 2 aromatic rings. The van der Waals surface area contributed by atoms with Gasteiger partial charge in [0, 0.05) is 24.3 Å². The number of hydrogen-bond donors (Lipinski definition) is 2. The SMILES string of the molecule is CC1CN(c2ncccc2C(=O)NS(=O)(=O)c2cccc(NC(C)C)n2)C(C)(C)C1. The number of sulfonamides is 1. The van der Waals surface area contributed by atoms with E-state index in [9.17, 15) is 13.2 Å². The number of nitrogens with zero attached hydrogens (tertiary/aromatic N) is 3. The van der Waals surface area contributed by atoms with Gasteiger partial charge in [0.25, 0.3) is 15.9 Å². The average Bonchev–Trinajstić information content (AvgIpc) is 2.93. The van der Waals surface area contributed by atoms with Gasteiger partial charge in [0.1, 0.15) is 11.6 Å². The van der Waals surface area contributed by atoms with Gasteiger partial charge in [0.05, 0.1) is 5.56 Å². The monoisotopic (exact) mass is 431 g/mol. The lowest BCUT2D eigenvalue weighted by Crippen LogP contribution is -2.41. The maximum atomic E-state index is 13.0. The Balaban J connectivity index is 1.88. The lowest BCUT2D eigenvalue weighted by atomic mass is 9.97. The normalized spacial score (nSPS) is 18.5. The minimum absolute atomic E-state index is 0.0919. The minimum Gasteiger partial charge on any atom is -0.368 e. The number of amides is 1. The van der Waals surface area contributed by atoms with E-state index in [-0.39, 0.29) is 22.2 Å². The lowest BCUT2D eigenvalue weighted by molar-refractivity contribution is 0.0981. The minimum atomic E-state index is -4.14. The lowest BCUT2D eigenvalue weighted by Gasteiger charge is -2.33. The first-order valence-electron chi connectivity index (χ1n) is 10.0. The molecule has 1 aliphatic rings. The molecule has 0 bridgehead atoms. The third-order valence-electron chi connectivity index (χ3n) is 5.02. The first-order valence-corrected chi connectivity index (χ1v) is 11.5. The number of pyridine rings is 2. The summed E-state index contributed by atoms with van der Waals surface area (Å²) in [5.41, 5.74) is 0.0415. The van der Waals surface area contributed by atoms with Crippen LogP contribution in [-0.2, 0) is 10.0 Å². The van der Waals surface area contributed by atoms with Gasteiger partial charge < -0.3 is 10.2 Å². The molecule has 162 valence electrons. The van der Waals surface area contributed by atoms with Crippen molar-refractivity contribution in [2.75, 3.05) is 16.8 Å². The van der Waals surface area contributed by atoms with Gasteiger partial charge in [-0.15, -0.1) is 0 Å².